The third kappa shape index (κ3) is 4.48. The molecule has 2 N–H and O–H groups in total. The molecule has 4 rings (SSSR count). The molecule has 1 amide bonds. The number of anilines is 1. The normalized spacial score (nSPS) is 18.3. The molecule has 2 atom stereocenters. The second-order valence-corrected chi connectivity index (χ2v) is 7.81. The van der Waals surface area contributed by atoms with Crippen LogP contribution in [-0.4, -0.2) is 35.0 Å². The number of carbonyl (C=O) groups excluding carboxylic acids is 1. The number of hydrogen-bond donors (Lipinski definition) is 1. The minimum Gasteiger partial charge on any atom is -0.383 e. The number of halogens is 2. The Morgan fingerprint density at radius 2 is 1.91 bits per heavy atom. The Morgan fingerprint density at radius 1 is 1.16 bits per heavy atom. The van der Waals surface area contributed by atoms with Gasteiger partial charge < -0.3 is 15.4 Å². The summed E-state index contributed by atoms with van der Waals surface area (Å²) in [6.45, 7) is 2.91. The van der Waals surface area contributed by atoms with Crippen molar-refractivity contribution in [2.45, 2.75) is 31.9 Å². The first-order valence-electron chi connectivity index (χ1n) is 10.7. The lowest BCUT2D eigenvalue weighted by Gasteiger charge is -2.38. The Hall–Kier alpha value is -3.32. The van der Waals surface area contributed by atoms with E-state index in [1.54, 1.807) is 23.2 Å². The topological polar surface area (TPSA) is 68.5 Å². The number of carbonyl (C=O) groups is 1. The van der Waals surface area contributed by atoms with Crippen LogP contribution in [-0.2, 0) is 4.74 Å². The summed E-state index contributed by atoms with van der Waals surface area (Å²) in [4.78, 5) is 19.0. The van der Waals surface area contributed by atoms with Gasteiger partial charge in [0.25, 0.3) is 5.91 Å². The molecule has 32 heavy (non-hydrogen) atoms. The first-order chi connectivity index (χ1) is 15.5. The van der Waals surface area contributed by atoms with Gasteiger partial charge in [0.05, 0.1) is 11.7 Å². The van der Waals surface area contributed by atoms with E-state index in [1.807, 2.05) is 31.2 Å². The van der Waals surface area contributed by atoms with Crippen LogP contribution in [0.1, 0.15) is 41.8 Å². The Kier molecular flexibility index (Phi) is 6.46. The zero-order chi connectivity index (χ0) is 22.7. The average Bonchev–Trinajstić information content (AvgIpc) is 2.79. The standard InChI is InChI=1S/C25H25F2N3O2/c1-2-30(25(31)22-8-5-10-29-24(22)28)19-9-11-32-23(15-19)21-7-4-3-6-20(21)16-12-17(26)14-18(27)13-16/h3-8,10,12-14,19,23H,2,9,11,15H2,1H3,(H2,28,29)/t19-,23+/m0/s1. The van der Waals surface area contributed by atoms with Crippen LogP contribution in [0.25, 0.3) is 11.1 Å². The highest BCUT2D eigenvalue weighted by Crippen LogP contribution is 2.37. The molecule has 1 aliphatic rings. The monoisotopic (exact) mass is 437 g/mol. The molecule has 2 heterocycles. The fourth-order valence-corrected chi connectivity index (χ4v) is 4.35. The van der Waals surface area contributed by atoms with E-state index in [0.717, 1.165) is 11.6 Å². The fraction of sp³-hybridized carbons (Fsp3) is 0.280. The summed E-state index contributed by atoms with van der Waals surface area (Å²) in [6, 6.07) is 14.2. The molecular weight excluding hydrogens is 412 g/mol. The second-order valence-electron chi connectivity index (χ2n) is 7.81. The van der Waals surface area contributed by atoms with Gasteiger partial charge in [0, 0.05) is 31.5 Å². The summed E-state index contributed by atoms with van der Waals surface area (Å²) >= 11 is 0. The van der Waals surface area contributed by atoms with Crippen molar-refractivity contribution in [3.8, 4) is 11.1 Å². The molecule has 0 aliphatic carbocycles. The third-order valence-electron chi connectivity index (χ3n) is 5.85. The summed E-state index contributed by atoms with van der Waals surface area (Å²) < 4.78 is 33.8. The fourth-order valence-electron chi connectivity index (χ4n) is 4.35. The molecule has 7 heteroatoms. The van der Waals surface area contributed by atoms with Crippen molar-refractivity contribution in [2.75, 3.05) is 18.9 Å². The molecule has 3 aromatic rings. The molecule has 0 saturated carbocycles. The lowest BCUT2D eigenvalue weighted by Crippen LogP contribution is -2.44. The van der Waals surface area contributed by atoms with E-state index in [9.17, 15) is 13.6 Å². The minimum absolute atomic E-state index is 0.0665. The third-order valence-corrected chi connectivity index (χ3v) is 5.85. The largest absolute Gasteiger partial charge is 0.383 e. The van der Waals surface area contributed by atoms with E-state index in [2.05, 4.69) is 4.98 Å². The van der Waals surface area contributed by atoms with E-state index in [1.165, 1.54) is 12.1 Å². The van der Waals surface area contributed by atoms with E-state index < -0.39 is 11.6 Å². The van der Waals surface area contributed by atoms with Crippen molar-refractivity contribution >= 4 is 11.7 Å². The van der Waals surface area contributed by atoms with Crippen LogP contribution in [0.3, 0.4) is 0 Å². The van der Waals surface area contributed by atoms with Crippen LogP contribution in [0.5, 0.6) is 0 Å². The number of benzene rings is 2. The zero-order valence-electron chi connectivity index (χ0n) is 17.8. The van der Waals surface area contributed by atoms with Crippen LogP contribution in [0.15, 0.2) is 60.8 Å². The number of nitrogen functional groups attached to an aromatic ring is 1. The molecule has 2 aromatic carbocycles. The van der Waals surface area contributed by atoms with Crippen molar-refractivity contribution in [2.24, 2.45) is 0 Å². The Morgan fingerprint density at radius 3 is 2.62 bits per heavy atom. The van der Waals surface area contributed by atoms with Gasteiger partial charge in [-0.05, 0) is 60.7 Å². The van der Waals surface area contributed by atoms with Crippen molar-refractivity contribution < 1.29 is 18.3 Å². The first-order valence-corrected chi connectivity index (χ1v) is 10.7. The van der Waals surface area contributed by atoms with Gasteiger partial charge in [-0.25, -0.2) is 13.8 Å². The Labute approximate surface area is 185 Å². The van der Waals surface area contributed by atoms with Gasteiger partial charge in [-0.15, -0.1) is 0 Å². The van der Waals surface area contributed by atoms with E-state index in [4.69, 9.17) is 10.5 Å². The lowest BCUT2D eigenvalue weighted by atomic mass is 9.90. The van der Waals surface area contributed by atoms with Crippen LogP contribution >= 0.6 is 0 Å². The van der Waals surface area contributed by atoms with Crippen LogP contribution in [0.4, 0.5) is 14.6 Å². The van der Waals surface area contributed by atoms with Crippen molar-refractivity contribution in [3.05, 3.63) is 83.6 Å². The number of nitrogens with zero attached hydrogens (tertiary/aromatic N) is 2. The molecule has 5 nitrogen and oxygen atoms in total. The SMILES string of the molecule is CCN(C(=O)c1cccnc1N)[C@H]1CCO[C@@H](c2ccccc2-c2cc(F)cc(F)c2)C1. The van der Waals surface area contributed by atoms with Crippen molar-refractivity contribution in [1.29, 1.82) is 0 Å². The predicted octanol–water partition coefficient (Wildman–Crippen LogP) is 4.99. The highest BCUT2D eigenvalue weighted by Gasteiger charge is 2.32. The van der Waals surface area contributed by atoms with E-state index in [0.29, 0.717) is 42.7 Å². The van der Waals surface area contributed by atoms with Gasteiger partial charge in [0.2, 0.25) is 0 Å². The molecule has 1 aliphatic heterocycles. The van der Waals surface area contributed by atoms with Gasteiger partial charge in [-0.2, -0.15) is 0 Å². The van der Waals surface area contributed by atoms with E-state index >= 15 is 0 Å². The molecule has 0 bridgehead atoms. The smallest absolute Gasteiger partial charge is 0.257 e. The number of rotatable bonds is 5. The summed E-state index contributed by atoms with van der Waals surface area (Å²) in [6.07, 6.45) is 2.49. The van der Waals surface area contributed by atoms with Crippen LogP contribution in [0, 0.1) is 11.6 Å². The summed E-state index contributed by atoms with van der Waals surface area (Å²) in [5.41, 5.74) is 8.31. The second kappa shape index (κ2) is 9.44. The molecule has 0 radical (unpaired) electrons. The van der Waals surface area contributed by atoms with E-state index in [-0.39, 0.29) is 23.9 Å². The predicted molar refractivity (Wildman–Crippen MR) is 119 cm³/mol. The van der Waals surface area contributed by atoms with Crippen LogP contribution in [0.2, 0.25) is 0 Å². The molecule has 1 fully saturated rings. The van der Waals surface area contributed by atoms with Crippen LogP contribution < -0.4 is 5.73 Å². The Bertz CT molecular complexity index is 1100. The highest BCUT2D eigenvalue weighted by molar-refractivity contribution is 5.98. The number of nitrogens with two attached hydrogens (primary N) is 1. The average molecular weight is 437 g/mol. The maximum absolute atomic E-state index is 13.9. The molecule has 1 aromatic heterocycles. The minimum atomic E-state index is -0.631. The van der Waals surface area contributed by atoms with Gasteiger partial charge in [-0.1, -0.05) is 24.3 Å². The number of pyridine rings is 1. The highest BCUT2D eigenvalue weighted by atomic mass is 19.1. The maximum atomic E-state index is 13.9. The summed E-state index contributed by atoms with van der Waals surface area (Å²) in [5, 5.41) is 0. The maximum Gasteiger partial charge on any atom is 0.257 e. The number of amides is 1. The van der Waals surface area contributed by atoms with Gasteiger partial charge in [0.15, 0.2) is 0 Å². The summed E-state index contributed by atoms with van der Waals surface area (Å²) in [7, 11) is 0. The number of hydrogen-bond acceptors (Lipinski definition) is 4. The number of ether oxygens (including phenoxy) is 1. The molecule has 1 saturated heterocycles. The van der Waals surface area contributed by atoms with Crippen molar-refractivity contribution in [3.63, 3.8) is 0 Å². The molecule has 0 unspecified atom stereocenters. The Balaban J connectivity index is 1.62. The zero-order valence-corrected chi connectivity index (χ0v) is 17.8. The van der Waals surface area contributed by atoms with Gasteiger partial charge in [0.1, 0.15) is 17.5 Å². The molecule has 166 valence electrons. The quantitative estimate of drug-likeness (QED) is 0.611. The lowest BCUT2D eigenvalue weighted by molar-refractivity contribution is -0.0228. The molecular formula is C25H25F2N3O2. The van der Waals surface area contributed by atoms with Gasteiger partial charge in [-0.3, -0.25) is 4.79 Å². The number of aromatic nitrogens is 1. The molecule has 0 spiro atoms. The van der Waals surface area contributed by atoms with Crippen molar-refractivity contribution in [1.82, 2.24) is 9.88 Å². The summed E-state index contributed by atoms with van der Waals surface area (Å²) in [5.74, 6) is -1.22. The van der Waals surface area contributed by atoms with Gasteiger partial charge >= 0.3 is 0 Å². The first kappa shape index (κ1) is 21.9.